The minimum absolute atomic E-state index is 0.0660. The van der Waals surface area contributed by atoms with Gasteiger partial charge in [-0.1, -0.05) is 0 Å². The van der Waals surface area contributed by atoms with Crippen LogP contribution in [0.15, 0.2) is 0 Å². The highest BCUT2D eigenvalue weighted by atomic mass is 16.5. The molecule has 0 aliphatic carbocycles. The summed E-state index contributed by atoms with van der Waals surface area (Å²) in [5.74, 6) is -0.243. The van der Waals surface area contributed by atoms with Crippen molar-refractivity contribution in [1.29, 1.82) is 0 Å². The van der Waals surface area contributed by atoms with Crippen molar-refractivity contribution in [2.75, 3.05) is 13.7 Å². The van der Waals surface area contributed by atoms with Gasteiger partial charge in [-0.25, -0.2) is 0 Å². The summed E-state index contributed by atoms with van der Waals surface area (Å²) in [6, 6.07) is 0. The lowest BCUT2D eigenvalue weighted by atomic mass is 9.99. The summed E-state index contributed by atoms with van der Waals surface area (Å²) in [6.07, 6.45) is 1.00. The normalized spacial score (nSPS) is 31.5. The summed E-state index contributed by atoms with van der Waals surface area (Å²) in [6.45, 7) is 0.556. The quantitative estimate of drug-likeness (QED) is 0.541. The van der Waals surface area contributed by atoms with Gasteiger partial charge in [0.2, 0.25) is 0 Å². The molecule has 0 radical (unpaired) electrons. The zero-order valence-corrected chi connectivity index (χ0v) is 6.58. The Kier molecular flexibility index (Phi) is 2.84. The molecule has 0 saturated carbocycles. The summed E-state index contributed by atoms with van der Waals surface area (Å²) in [4.78, 5) is 11.0. The van der Waals surface area contributed by atoms with E-state index in [2.05, 4.69) is 4.74 Å². The van der Waals surface area contributed by atoms with Gasteiger partial charge in [0.05, 0.1) is 13.0 Å². The van der Waals surface area contributed by atoms with Gasteiger partial charge < -0.3 is 15.2 Å². The molecule has 0 aromatic carbocycles. The van der Waals surface area contributed by atoms with E-state index in [4.69, 9.17) is 10.5 Å². The highest BCUT2D eigenvalue weighted by Gasteiger charge is 2.26. The molecule has 1 aliphatic rings. The Bertz CT molecular complexity index is 149. The summed E-state index contributed by atoms with van der Waals surface area (Å²) < 4.78 is 9.66. The predicted molar refractivity (Wildman–Crippen MR) is 38.7 cm³/mol. The molecule has 11 heavy (non-hydrogen) atoms. The molecular weight excluding hydrogens is 146 g/mol. The fourth-order valence-electron chi connectivity index (χ4n) is 1.21. The van der Waals surface area contributed by atoms with Crippen LogP contribution in [-0.4, -0.2) is 25.9 Å². The van der Waals surface area contributed by atoms with Crippen LogP contribution < -0.4 is 5.73 Å². The van der Waals surface area contributed by atoms with Crippen molar-refractivity contribution in [3.63, 3.8) is 0 Å². The minimum atomic E-state index is -0.298. The maximum Gasteiger partial charge on any atom is 0.308 e. The molecule has 64 valence electrons. The molecule has 4 nitrogen and oxygen atoms in total. The molecule has 2 unspecified atom stereocenters. The van der Waals surface area contributed by atoms with Gasteiger partial charge in [0, 0.05) is 13.0 Å². The Morgan fingerprint density at radius 1 is 1.73 bits per heavy atom. The Labute approximate surface area is 65.7 Å². The van der Waals surface area contributed by atoms with Gasteiger partial charge in [-0.15, -0.1) is 0 Å². The lowest BCUT2D eigenvalue weighted by Gasteiger charge is -2.24. The SMILES string of the molecule is COC(=O)C1CCOC(N)C1. The van der Waals surface area contributed by atoms with Crippen LogP contribution in [0.3, 0.4) is 0 Å². The van der Waals surface area contributed by atoms with Crippen molar-refractivity contribution in [2.24, 2.45) is 11.7 Å². The first-order valence-electron chi connectivity index (χ1n) is 3.69. The van der Waals surface area contributed by atoms with Gasteiger partial charge in [-0.2, -0.15) is 0 Å². The van der Waals surface area contributed by atoms with Crippen LogP contribution in [0.2, 0.25) is 0 Å². The maximum absolute atomic E-state index is 11.0. The molecule has 4 heteroatoms. The molecule has 1 rings (SSSR count). The molecule has 1 saturated heterocycles. The van der Waals surface area contributed by atoms with E-state index >= 15 is 0 Å². The van der Waals surface area contributed by atoms with Crippen LogP contribution in [0.4, 0.5) is 0 Å². The van der Waals surface area contributed by atoms with Gasteiger partial charge in [0.1, 0.15) is 6.23 Å². The van der Waals surface area contributed by atoms with E-state index in [1.807, 2.05) is 0 Å². The molecule has 1 aliphatic heterocycles. The van der Waals surface area contributed by atoms with Crippen LogP contribution in [0.5, 0.6) is 0 Å². The highest BCUT2D eigenvalue weighted by Crippen LogP contribution is 2.18. The Hall–Kier alpha value is -0.610. The first-order chi connectivity index (χ1) is 5.24. The van der Waals surface area contributed by atoms with Crippen molar-refractivity contribution >= 4 is 5.97 Å². The number of hydrogen-bond donors (Lipinski definition) is 1. The number of nitrogens with two attached hydrogens (primary N) is 1. The van der Waals surface area contributed by atoms with Crippen LogP contribution in [-0.2, 0) is 14.3 Å². The van der Waals surface area contributed by atoms with Crippen molar-refractivity contribution < 1.29 is 14.3 Å². The van der Waals surface area contributed by atoms with Crippen molar-refractivity contribution in [2.45, 2.75) is 19.1 Å². The van der Waals surface area contributed by atoms with Gasteiger partial charge >= 0.3 is 5.97 Å². The van der Waals surface area contributed by atoms with Crippen LogP contribution >= 0.6 is 0 Å². The first-order valence-corrected chi connectivity index (χ1v) is 3.69. The van der Waals surface area contributed by atoms with Crippen LogP contribution in [0.25, 0.3) is 0 Å². The Morgan fingerprint density at radius 3 is 3.00 bits per heavy atom. The molecule has 0 aromatic rings. The topological polar surface area (TPSA) is 61.5 Å². The van der Waals surface area contributed by atoms with E-state index < -0.39 is 0 Å². The molecule has 0 bridgehead atoms. The second kappa shape index (κ2) is 3.69. The number of esters is 1. The largest absolute Gasteiger partial charge is 0.469 e. The Balaban J connectivity index is 2.39. The molecule has 2 N–H and O–H groups in total. The summed E-state index contributed by atoms with van der Waals surface area (Å²) >= 11 is 0. The minimum Gasteiger partial charge on any atom is -0.469 e. The smallest absolute Gasteiger partial charge is 0.308 e. The standard InChI is InChI=1S/C7H13NO3/c1-10-7(9)5-2-3-11-6(8)4-5/h5-6H,2-4,8H2,1H3. The number of carbonyl (C=O) groups excluding carboxylic acids is 1. The third-order valence-corrected chi connectivity index (χ3v) is 1.85. The molecule has 0 amide bonds. The van der Waals surface area contributed by atoms with E-state index in [1.54, 1.807) is 0 Å². The molecule has 1 fully saturated rings. The van der Waals surface area contributed by atoms with Crippen LogP contribution in [0, 0.1) is 5.92 Å². The summed E-state index contributed by atoms with van der Waals surface area (Å²) in [5.41, 5.74) is 5.49. The molecule has 0 spiro atoms. The zero-order chi connectivity index (χ0) is 8.27. The number of hydrogen-bond acceptors (Lipinski definition) is 4. The lowest BCUT2D eigenvalue weighted by molar-refractivity contribution is -0.150. The molecule has 1 heterocycles. The summed E-state index contributed by atoms with van der Waals surface area (Å²) in [7, 11) is 1.39. The van der Waals surface area contributed by atoms with Crippen LogP contribution in [0.1, 0.15) is 12.8 Å². The van der Waals surface area contributed by atoms with E-state index in [9.17, 15) is 4.79 Å². The fraction of sp³-hybridized carbons (Fsp3) is 0.857. The van der Waals surface area contributed by atoms with Gasteiger partial charge in [-0.05, 0) is 6.42 Å². The fourth-order valence-corrected chi connectivity index (χ4v) is 1.21. The van der Waals surface area contributed by atoms with Crippen molar-refractivity contribution in [3.8, 4) is 0 Å². The number of methoxy groups -OCH3 is 1. The molecule has 0 aromatic heterocycles. The molecular formula is C7H13NO3. The van der Waals surface area contributed by atoms with Gasteiger partial charge in [0.25, 0.3) is 0 Å². The average molecular weight is 159 g/mol. The summed E-state index contributed by atoms with van der Waals surface area (Å²) in [5, 5.41) is 0. The first kappa shape index (κ1) is 8.49. The number of rotatable bonds is 1. The van der Waals surface area contributed by atoms with E-state index in [0.29, 0.717) is 13.0 Å². The average Bonchev–Trinajstić information content (AvgIpc) is 2.03. The number of carbonyl (C=O) groups is 1. The van der Waals surface area contributed by atoms with E-state index in [1.165, 1.54) is 7.11 Å². The second-order valence-electron chi connectivity index (χ2n) is 2.65. The monoisotopic (exact) mass is 159 g/mol. The van der Waals surface area contributed by atoms with Gasteiger partial charge in [-0.3, -0.25) is 4.79 Å². The maximum atomic E-state index is 11.0. The second-order valence-corrected chi connectivity index (χ2v) is 2.65. The number of ether oxygens (including phenoxy) is 2. The zero-order valence-electron chi connectivity index (χ0n) is 6.58. The predicted octanol–water partition coefficient (Wildman–Crippen LogP) is -0.129. The third kappa shape index (κ3) is 2.17. The third-order valence-electron chi connectivity index (χ3n) is 1.85. The van der Waals surface area contributed by atoms with Crippen molar-refractivity contribution in [3.05, 3.63) is 0 Å². The van der Waals surface area contributed by atoms with Gasteiger partial charge in [0.15, 0.2) is 0 Å². The highest BCUT2D eigenvalue weighted by molar-refractivity contribution is 5.72. The molecule has 2 atom stereocenters. The van der Waals surface area contributed by atoms with E-state index in [0.717, 1.165) is 6.42 Å². The van der Waals surface area contributed by atoms with Crippen molar-refractivity contribution in [1.82, 2.24) is 0 Å². The van der Waals surface area contributed by atoms with E-state index in [-0.39, 0.29) is 18.1 Å². The lowest BCUT2D eigenvalue weighted by Crippen LogP contribution is -2.36. The Morgan fingerprint density at radius 2 is 2.45 bits per heavy atom.